The van der Waals surface area contributed by atoms with E-state index in [-0.39, 0.29) is 48.3 Å². The second-order valence-corrected chi connectivity index (χ2v) is 9.26. The number of carbonyl (C=O) groups is 4. The molecule has 8 nitrogen and oxygen atoms in total. The highest BCUT2D eigenvalue weighted by Crippen LogP contribution is 2.40. The lowest BCUT2D eigenvalue weighted by Crippen LogP contribution is -2.31. The third kappa shape index (κ3) is 4.40. The van der Waals surface area contributed by atoms with Gasteiger partial charge in [0.25, 0.3) is 0 Å². The van der Waals surface area contributed by atoms with Crippen molar-refractivity contribution in [3.8, 4) is 11.5 Å². The number of amides is 3. The molecule has 35 heavy (non-hydrogen) atoms. The molecule has 0 N–H and O–H groups in total. The fourth-order valence-corrected chi connectivity index (χ4v) is 5.31. The van der Waals surface area contributed by atoms with E-state index in [0.29, 0.717) is 23.7 Å². The minimum absolute atomic E-state index is 0.0538. The number of hydrogen-bond acceptors (Lipinski definition) is 6. The zero-order valence-corrected chi connectivity index (χ0v) is 19.6. The molecule has 0 spiro atoms. The van der Waals surface area contributed by atoms with Crippen molar-refractivity contribution in [1.29, 1.82) is 0 Å². The lowest BCUT2D eigenvalue weighted by atomic mass is 9.81. The van der Waals surface area contributed by atoms with Crippen LogP contribution in [0.3, 0.4) is 0 Å². The average Bonchev–Trinajstić information content (AvgIpc) is 3.37. The summed E-state index contributed by atoms with van der Waals surface area (Å²) in [7, 11) is 0. The Morgan fingerprint density at radius 1 is 0.914 bits per heavy atom. The Morgan fingerprint density at radius 2 is 1.60 bits per heavy atom. The van der Waals surface area contributed by atoms with Gasteiger partial charge >= 0.3 is 5.97 Å². The molecule has 0 radical (unpaired) electrons. The van der Waals surface area contributed by atoms with Gasteiger partial charge in [-0.15, -0.1) is 0 Å². The standard InChI is InChI=1S/C27H28N2O6/c1-2-34-20-12-10-18(11-13-20)28-16-17(14-24(28)30)27(33)35-21-7-5-6-19(15-21)29-25(31)22-8-3-4-9-23(22)26(29)32/h5-7,10-13,15,17,22-23H,2-4,8-9,14,16H2,1H3. The number of esters is 1. The number of nitrogens with zero attached hydrogens (tertiary/aromatic N) is 2. The van der Waals surface area contributed by atoms with Crippen LogP contribution in [0.15, 0.2) is 48.5 Å². The monoisotopic (exact) mass is 476 g/mol. The van der Waals surface area contributed by atoms with Crippen molar-refractivity contribution in [2.24, 2.45) is 17.8 Å². The lowest BCUT2D eigenvalue weighted by Gasteiger charge is -2.19. The highest BCUT2D eigenvalue weighted by molar-refractivity contribution is 6.22. The number of imide groups is 1. The number of ether oxygens (including phenoxy) is 2. The number of rotatable bonds is 6. The van der Waals surface area contributed by atoms with E-state index in [0.717, 1.165) is 25.7 Å². The van der Waals surface area contributed by atoms with Crippen LogP contribution in [0.2, 0.25) is 0 Å². The van der Waals surface area contributed by atoms with Crippen molar-refractivity contribution >= 4 is 35.1 Å². The van der Waals surface area contributed by atoms with Crippen LogP contribution < -0.4 is 19.3 Å². The van der Waals surface area contributed by atoms with Gasteiger partial charge in [0.05, 0.1) is 30.0 Å². The molecule has 0 bridgehead atoms. The van der Waals surface area contributed by atoms with Crippen LogP contribution in [-0.2, 0) is 19.2 Å². The average molecular weight is 477 g/mol. The fraction of sp³-hybridized carbons (Fsp3) is 0.407. The quantitative estimate of drug-likeness (QED) is 0.358. The number of fused-ring (bicyclic) bond motifs is 1. The van der Waals surface area contributed by atoms with Crippen molar-refractivity contribution in [2.45, 2.75) is 39.0 Å². The maximum absolute atomic E-state index is 12.9. The van der Waals surface area contributed by atoms with Crippen molar-refractivity contribution in [2.75, 3.05) is 23.0 Å². The molecule has 1 saturated carbocycles. The maximum atomic E-state index is 12.9. The third-order valence-corrected chi connectivity index (χ3v) is 7.05. The highest BCUT2D eigenvalue weighted by atomic mass is 16.5. The molecule has 3 atom stereocenters. The van der Waals surface area contributed by atoms with Crippen LogP contribution in [0.1, 0.15) is 39.0 Å². The summed E-state index contributed by atoms with van der Waals surface area (Å²) in [4.78, 5) is 54.1. The van der Waals surface area contributed by atoms with Gasteiger partial charge in [0.15, 0.2) is 0 Å². The van der Waals surface area contributed by atoms with Gasteiger partial charge in [-0.1, -0.05) is 18.9 Å². The van der Waals surface area contributed by atoms with Gasteiger partial charge < -0.3 is 14.4 Å². The van der Waals surface area contributed by atoms with Gasteiger partial charge in [0.2, 0.25) is 17.7 Å². The molecule has 3 fully saturated rings. The van der Waals surface area contributed by atoms with E-state index in [1.807, 2.05) is 6.92 Å². The molecule has 2 heterocycles. The Morgan fingerprint density at radius 3 is 2.26 bits per heavy atom. The molecular formula is C27H28N2O6. The normalized spacial score (nSPS) is 24.0. The molecule has 182 valence electrons. The molecule has 1 aliphatic carbocycles. The number of carbonyl (C=O) groups excluding carboxylic acids is 4. The van der Waals surface area contributed by atoms with Crippen LogP contribution in [0.4, 0.5) is 11.4 Å². The Bertz CT molecular complexity index is 1140. The number of hydrogen-bond donors (Lipinski definition) is 0. The highest BCUT2D eigenvalue weighted by Gasteiger charge is 2.48. The summed E-state index contributed by atoms with van der Waals surface area (Å²) in [6, 6.07) is 13.7. The number of anilines is 2. The first-order valence-corrected chi connectivity index (χ1v) is 12.2. The van der Waals surface area contributed by atoms with E-state index in [4.69, 9.17) is 9.47 Å². The summed E-state index contributed by atoms with van der Waals surface area (Å²) in [5.41, 5.74) is 1.11. The van der Waals surface area contributed by atoms with Crippen LogP contribution in [0, 0.1) is 17.8 Å². The molecule has 3 unspecified atom stereocenters. The van der Waals surface area contributed by atoms with Gasteiger partial charge in [-0.05, 0) is 56.2 Å². The van der Waals surface area contributed by atoms with Crippen molar-refractivity contribution in [3.05, 3.63) is 48.5 Å². The second-order valence-electron chi connectivity index (χ2n) is 9.26. The SMILES string of the molecule is CCOc1ccc(N2CC(C(=O)Oc3cccc(N4C(=O)C5CCCCC5C4=O)c3)CC2=O)cc1. The first kappa shape index (κ1) is 23.1. The summed E-state index contributed by atoms with van der Waals surface area (Å²) < 4.78 is 11.0. The first-order valence-electron chi connectivity index (χ1n) is 12.2. The topological polar surface area (TPSA) is 93.2 Å². The van der Waals surface area contributed by atoms with Crippen molar-refractivity contribution < 1.29 is 28.7 Å². The molecular weight excluding hydrogens is 448 g/mol. The summed E-state index contributed by atoms with van der Waals surface area (Å²) in [6.45, 7) is 2.67. The number of benzene rings is 2. The molecule has 0 aromatic heterocycles. The van der Waals surface area contributed by atoms with Crippen molar-refractivity contribution in [1.82, 2.24) is 0 Å². The molecule has 2 aromatic carbocycles. The van der Waals surface area contributed by atoms with E-state index >= 15 is 0 Å². The zero-order chi connectivity index (χ0) is 24.5. The fourth-order valence-electron chi connectivity index (χ4n) is 5.31. The van der Waals surface area contributed by atoms with Crippen LogP contribution in [-0.4, -0.2) is 36.8 Å². The minimum Gasteiger partial charge on any atom is -0.494 e. The Labute approximate surface area is 203 Å². The van der Waals surface area contributed by atoms with E-state index in [1.165, 1.54) is 4.90 Å². The molecule has 2 saturated heterocycles. The summed E-state index contributed by atoms with van der Waals surface area (Å²) >= 11 is 0. The van der Waals surface area contributed by atoms with Crippen LogP contribution in [0.5, 0.6) is 11.5 Å². The maximum Gasteiger partial charge on any atom is 0.316 e. The Hall–Kier alpha value is -3.68. The van der Waals surface area contributed by atoms with Gasteiger partial charge in [-0.3, -0.25) is 19.2 Å². The molecule has 5 rings (SSSR count). The molecule has 3 amide bonds. The van der Waals surface area contributed by atoms with Crippen LogP contribution >= 0.6 is 0 Å². The zero-order valence-electron chi connectivity index (χ0n) is 19.6. The van der Waals surface area contributed by atoms with Gasteiger partial charge in [-0.2, -0.15) is 0 Å². The molecule has 3 aliphatic rings. The van der Waals surface area contributed by atoms with Gasteiger partial charge in [0, 0.05) is 24.7 Å². The molecule has 2 aliphatic heterocycles. The van der Waals surface area contributed by atoms with E-state index < -0.39 is 11.9 Å². The molecule has 2 aromatic rings. The van der Waals surface area contributed by atoms with Crippen molar-refractivity contribution in [3.63, 3.8) is 0 Å². The van der Waals surface area contributed by atoms with E-state index in [2.05, 4.69) is 0 Å². The lowest BCUT2D eigenvalue weighted by molar-refractivity contribution is -0.139. The second kappa shape index (κ2) is 9.52. The predicted molar refractivity (Wildman–Crippen MR) is 128 cm³/mol. The summed E-state index contributed by atoms with van der Waals surface area (Å²) in [6.07, 6.45) is 3.44. The summed E-state index contributed by atoms with van der Waals surface area (Å²) in [5, 5.41) is 0. The largest absolute Gasteiger partial charge is 0.494 e. The summed E-state index contributed by atoms with van der Waals surface area (Å²) in [5.74, 6) is -1.16. The Balaban J connectivity index is 1.26. The van der Waals surface area contributed by atoms with E-state index in [9.17, 15) is 19.2 Å². The van der Waals surface area contributed by atoms with Gasteiger partial charge in [-0.25, -0.2) is 4.90 Å². The Kier molecular flexibility index (Phi) is 6.28. The predicted octanol–water partition coefficient (Wildman–Crippen LogP) is 3.72. The smallest absolute Gasteiger partial charge is 0.316 e. The molecule has 8 heteroatoms. The minimum atomic E-state index is -0.615. The van der Waals surface area contributed by atoms with Gasteiger partial charge in [0.1, 0.15) is 11.5 Å². The first-order chi connectivity index (χ1) is 17.0. The van der Waals surface area contributed by atoms with E-state index in [1.54, 1.807) is 53.4 Å². The van der Waals surface area contributed by atoms with Crippen LogP contribution in [0.25, 0.3) is 0 Å². The third-order valence-electron chi connectivity index (χ3n) is 7.05.